The number of rotatable bonds is 7. The van der Waals surface area contributed by atoms with Gasteiger partial charge in [0.05, 0.1) is 11.4 Å². The fourth-order valence-corrected chi connectivity index (χ4v) is 3.95. The van der Waals surface area contributed by atoms with Gasteiger partial charge in [-0.1, -0.05) is 47.4 Å². The van der Waals surface area contributed by atoms with Crippen molar-refractivity contribution in [3.05, 3.63) is 59.7 Å². The average molecular weight is 399 g/mol. The molecule has 0 radical (unpaired) electrons. The van der Waals surface area contributed by atoms with Crippen LogP contribution in [0.25, 0.3) is 0 Å². The van der Waals surface area contributed by atoms with Crippen LogP contribution in [0.3, 0.4) is 0 Å². The molecule has 0 spiro atoms. The lowest BCUT2D eigenvalue weighted by atomic mass is 10.1. The SMILES string of the molecule is CC(=O)c1ccccc1NC(=O)CSc1nnc(Nc2cccc(C)c2)s1. The van der Waals surface area contributed by atoms with E-state index >= 15 is 0 Å². The minimum absolute atomic E-state index is 0.0884. The lowest BCUT2D eigenvalue weighted by Crippen LogP contribution is -2.16. The Morgan fingerprint density at radius 2 is 1.93 bits per heavy atom. The van der Waals surface area contributed by atoms with E-state index in [9.17, 15) is 9.59 Å². The molecule has 0 fully saturated rings. The fraction of sp³-hybridized carbons (Fsp3) is 0.158. The molecule has 3 rings (SSSR count). The zero-order valence-electron chi connectivity index (χ0n) is 14.9. The Hall–Kier alpha value is -2.71. The van der Waals surface area contributed by atoms with E-state index < -0.39 is 0 Å². The highest BCUT2D eigenvalue weighted by atomic mass is 32.2. The van der Waals surface area contributed by atoms with E-state index in [0.717, 1.165) is 11.3 Å². The first-order valence-corrected chi connectivity index (χ1v) is 10.0. The third-order valence-corrected chi connectivity index (χ3v) is 5.55. The van der Waals surface area contributed by atoms with Gasteiger partial charge < -0.3 is 10.6 Å². The molecule has 0 atom stereocenters. The molecule has 2 N–H and O–H groups in total. The number of hydrogen-bond donors (Lipinski definition) is 2. The molecule has 0 bridgehead atoms. The monoisotopic (exact) mass is 398 g/mol. The third-order valence-electron chi connectivity index (χ3n) is 3.58. The number of aryl methyl sites for hydroxylation is 1. The average Bonchev–Trinajstić information content (AvgIpc) is 3.08. The van der Waals surface area contributed by atoms with E-state index in [2.05, 4.69) is 20.8 Å². The number of carbonyl (C=O) groups is 2. The van der Waals surface area contributed by atoms with Crippen molar-refractivity contribution in [2.24, 2.45) is 0 Å². The topological polar surface area (TPSA) is 84.0 Å². The van der Waals surface area contributed by atoms with Crippen molar-refractivity contribution in [3.8, 4) is 0 Å². The summed E-state index contributed by atoms with van der Waals surface area (Å²) in [6, 6.07) is 14.9. The number of hydrogen-bond acceptors (Lipinski definition) is 7. The summed E-state index contributed by atoms with van der Waals surface area (Å²) in [6.07, 6.45) is 0. The summed E-state index contributed by atoms with van der Waals surface area (Å²) in [5.41, 5.74) is 3.12. The minimum atomic E-state index is -0.197. The van der Waals surface area contributed by atoms with Crippen LogP contribution in [0.2, 0.25) is 0 Å². The number of ketones is 1. The van der Waals surface area contributed by atoms with Crippen LogP contribution in [0.15, 0.2) is 52.9 Å². The second-order valence-corrected chi connectivity index (χ2v) is 8.01. The molecule has 0 unspecified atom stereocenters. The van der Waals surface area contributed by atoms with Crippen molar-refractivity contribution in [2.75, 3.05) is 16.4 Å². The van der Waals surface area contributed by atoms with Gasteiger partial charge in [-0.25, -0.2) is 0 Å². The molecule has 0 saturated heterocycles. The van der Waals surface area contributed by atoms with Gasteiger partial charge in [-0.05, 0) is 43.7 Å². The lowest BCUT2D eigenvalue weighted by Gasteiger charge is -2.08. The Kier molecular flexibility index (Phi) is 6.20. The maximum absolute atomic E-state index is 12.2. The summed E-state index contributed by atoms with van der Waals surface area (Å²) >= 11 is 2.69. The molecule has 1 aromatic heterocycles. The second kappa shape index (κ2) is 8.79. The molecule has 138 valence electrons. The van der Waals surface area contributed by atoms with Gasteiger partial charge in [-0.2, -0.15) is 0 Å². The first-order valence-electron chi connectivity index (χ1n) is 8.21. The lowest BCUT2D eigenvalue weighted by molar-refractivity contribution is -0.113. The zero-order valence-corrected chi connectivity index (χ0v) is 16.5. The van der Waals surface area contributed by atoms with E-state index in [4.69, 9.17) is 0 Å². The summed E-state index contributed by atoms with van der Waals surface area (Å²) in [4.78, 5) is 23.8. The van der Waals surface area contributed by atoms with Crippen LogP contribution in [-0.4, -0.2) is 27.6 Å². The quantitative estimate of drug-likeness (QED) is 0.450. The molecule has 8 heteroatoms. The van der Waals surface area contributed by atoms with Crippen LogP contribution in [0.4, 0.5) is 16.5 Å². The third kappa shape index (κ3) is 5.38. The minimum Gasteiger partial charge on any atom is -0.330 e. The van der Waals surface area contributed by atoms with Crippen molar-refractivity contribution in [1.82, 2.24) is 10.2 Å². The first kappa shape index (κ1) is 19.1. The van der Waals surface area contributed by atoms with Crippen LogP contribution in [0, 0.1) is 6.92 Å². The van der Waals surface area contributed by atoms with E-state index in [1.54, 1.807) is 24.3 Å². The van der Waals surface area contributed by atoms with Crippen molar-refractivity contribution >= 4 is 51.3 Å². The van der Waals surface area contributed by atoms with Gasteiger partial charge in [0.25, 0.3) is 0 Å². The molecule has 2 aromatic carbocycles. The Bertz CT molecular complexity index is 972. The molecule has 0 aliphatic heterocycles. The van der Waals surface area contributed by atoms with Crippen LogP contribution < -0.4 is 10.6 Å². The van der Waals surface area contributed by atoms with Crippen LogP contribution in [-0.2, 0) is 4.79 Å². The molecule has 0 aliphatic rings. The van der Waals surface area contributed by atoms with Crippen molar-refractivity contribution < 1.29 is 9.59 Å². The molecule has 1 amide bonds. The Labute approximate surface area is 165 Å². The maximum Gasteiger partial charge on any atom is 0.234 e. The van der Waals surface area contributed by atoms with Crippen molar-refractivity contribution in [2.45, 2.75) is 18.2 Å². The number of para-hydroxylation sites is 1. The van der Waals surface area contributed by atoms with Gasteiger partial charge in [-0.3, -0.25) is 9.59 Å². The molecule has 0 aliphatic carbocycles. The standard InChI is InChI=1S/C19H18N4O2S2/c1-12-6-5-7-14(10-12)20-18-22-23-19(27-18)26-11-17(25)21-16-9-4-3-8-15(16)13(2)24/h3-10H,11H2,1-2H3,(H,20,22)(H,21,25). The Morgan fingerprint density at radius 1 is 1.11 bits per heavy atom. The molecule has 3 aromatic rings. The highest BCUT2D eigenvalue weighted by Crippen LogP contribution is 2.28. The molecular formula is C19H18N4O2S2. The largest absolute Gasteiger partial charge is 0.330 e. The number of carbonyl (C=O) groups excluding carboxylic acids is 2. The maximum atomic E-state index is 12.2. The Morgan fingerprint density at radius 3 is 2.70 bits per heavy atom. The van der Waals surface area contributed by atoms with Gasteiger partial charge in [0.2, 0.25) is 11.0 Å². The fourth-order valence-electron chi connectivity index (χ4n) is 2.38. The van der Waals surface area contributed by atoms with Gasteiger partial charge in [-0.15, -0.1) is 10.2 Å². The number of benzene rings is 2. The molecule has 1 heterocycles. The number of thioether (sulfide) groups is 1. The number of aromatic nitrogens is 2. The number of amides is 1. The first-order chi connectivity index (χ1) is 13.0. The van der Waals surface area contributed by atoms with E-state index in [1.807, 2.05) is 31.2 Å². The smallest absolute Gasteiger partial charge is 0.234 e. The van der Waals surface area contributed by atoms with E-state index in [0.29, 0.717) is 20.7 Å². The van der Waals surface area contributed by atoms with Crippen LogP contribution in [0.5, 0.6) is 0 Å². The predicted molar refractivity (Wildman–Crippen MR) is 110 cm³/mol. The van der Waals surface area contributed by atoms with Crippen molar-refractivity contribution in [1.29, 1.82) is 0 Å². The molecular weight excluding hydrogens is 380 g/mol. The van der Waals surface area contributed by atoms with Crippen molar-refractivity contribution in [3.63, 3.8) is 0 Å². The number of Topliss-reactive ketones (excluding diaryl/α,β-unsaturated/α-hetero) is 1. The van der Waals surface area contributed by atoms with E-state index in [1.165, 1.54) is 30.0 Å². The highest BCUT2D eigenvalue weighted by molar-refractivity contribution is 8.01. The van der Waals surface area contributed by atoms with Gasteiger partial charge in [0.15, 0.2) is 10.1 Å². The van der Waals surface area contributed by atoms with Gasteiger partial charge in [0, 0.05) is 11.3 Å². The van der Waals surface area contributed by atoms with Gasteiger partial charge >= 0.3 is 0 Å². The highest BCUT2D eigenvalue weighted by Gasteiger charge is 2.12. The number of nitrogens with zero attached hydrogens (tertiary/aromatic N) is 2. The molecule has 0 saturated carbocycles. The van der Waals surface area contributed by atoms with Gasteiger partial charge in [0.1, 0.15) is 0 Å². The number of anilines is 3. The number of nitrogens with one attached hydrogen (secondary N) is 2. The molecule has 6 nitrogen and oxygen atoms in total. The summed E-state index contributed by atoms with van der Waals surface area (Å²) in [7, 11) is 0. The summed E-state index contributed by atoms with van der Waals surface area (Å²) in [6.45, 7) is 3.50. The van der Waals surface area contributed by atoms with Crippen LogP contribution >= 0.6 is 23.1 Å². The normalized spacial score (nSPS) is 10.4. The summed E-state index contributed by atoms with van der Waals surface area (Å²) in [5, 5.41) is 14.8. The predicted octanol–water partition coefficient (Wildman–Crippen LogP) is 4.52. The summed E-state index contributed by atoms with van der Waals surface area (Å²) < 4.78 is 0.695. The molecule has 27 heavy (non-hydrogen) atoms. The summed E-state index contributed by atoms with van der Waals surface area (Å²) in [5.74, 6) is -0.0997. The second-order valence-electron chi connectivity index (χ2n) is 5.81. The zero-order chi connectivity index (χ0) is 19.2. The van der Waals surface area contributed by atoms with E-state index in [-0.39, 0.29) is 17.4 Å². The Balaban J connectivity index is 1.55. The van der Waals surface area contributed by atoms with Crippen LogP contribution in [0.1, 0.15) is 22.8 Å².